The average molecular weight is 436 g/mol. The van der Waals surface area contributed by atoms with Gasteiger partial charge in [0.25, 0.3) is 5.56 Å². The molecule has 0 unspecified atom stereocenters. The Morgan fingerprint density at radius 3 is 2.77 bits per heavy atom. The molecule has 1 aromatic carbocycles. The van der Waals surface area contributed by atoms with Crippen LogP contribution in [0.3, 0.4) is 0 Å². The number of thiophene rings is 1. The summed E-state index contributed by atoms with van der Waals surface area (Å²) in [5.41, 5.74) is 1.73. The summed E-state index contributed by atoms with van der Waals surface area (Å²) in [5, 5.41) is 18.5. The number of hydrogen-bond donors (Lipinski definition) is 0. The van der Waals surface area contributed by atoms with Crippen LogP contribution in [0.5, 0.6) is 5.75 Å². The third-order valence-electron chi connectivity index (χ3n) is 4.62. The maximum atomic E-state index is 13.6. The van der Waals surface area contributed by atoms with Crippen LogP contribution in [0.15, 0.2) is 51.4 Å². The van der Waals surface area contributed by atoms with Gasteiger partial charge >= 0.3 is 0 Å². The standard InChI is InChI=1S/C21H17N5O2S2/c1-4-16-12(2)18-19(29-16)23-21(30-17-9-8-13(11-22)24-25-17)26(20(18)27)14-6-5-7-15(10-14)28-3/h5-10H,4H2,1-3H3. The Balaban J connectivity index is 1.96. The molecule has 7 nitrogen and oxygen atoms in total. The minimum absolute atomic E-state index is 0.134. The van der Waals surface area contributed by atoms with E-state index in [1.54, 1.807) is 29.9 Å². The Bertz CT molecular complexity index is 1340. The normalized spacial score (nSPS) is 10.9. The van der Waals surface area contributed by atoms with E-state index >= 15 is 0 Å². The van der Waals surface area contributed by atoms with Crippen LogP contribution in [-0.2, 0) is 6.42 Å². The molecular formula is C21H17N5O2S2. The summed E-state index contributed by atoms with van der Waals surface area (Å²) in [6, 6.07) is 12.5. The van der Waals surface area contributed by atoms with Gasteiger partial charge in [0.05, 0.1) is 18.2 Å². The van der Waals surface area contributed by atoms with E-state index in [0.717, 1.165) is 16.9 Å². The fourth-order valence-corrected chi connectivity index (χ4v) is 5.11. The topological polar surface area (TPSA) is 93.7 Å². The molecule has 30 heavy (non-hydrogen) atoms. The van der Waals surface area contributed by atoms with Crippen LogP contribution < -0.4 is 10.3 Å². The minimum Gasteiger partial charge on any atom is -0.497 e. The maximum absolute atomic E-state index is 13.6. The number of benzene rings is 1. The maximum Gasteiger partial charge on any atom is 0.267 e. The highest BCUT2D eigenvalue weighted by Crippen LogP contribution is 2.32. The highest BCUT2D eigenvalue weighted by atomic mass is 32.2. The van der Waals surface area contributed by atoms with Crippen molar-refractivity contribution in [2.24, 2.45) is 0 Å². The van der Waals surface area contributed by atoms with Gasteiger partial charge in [-0.15, -0.1) is 21.5 Å². The van der Waals surface area contributed by atoms with E-state index in [1.165, 1.54) is 23.1 Å². The van der Waals surface area contributed by atoms with Gasteiger partial charge in [0.1, 0.15) is 21.7 Å². The lowest BCUT2D eigenvalue weighted by Gasteiger charge is -2.12. The molecule has 0 saturated carbocycles. The van der Waals surface area contributed by atoms with E-state index in [0.29, 0.717) is 31.8 Å². The van der Waals surface area contributed by atoms with Crippen molar-refractivity contribution >= 4 is 33.3 Å². The van der Waals surface area contributed by atoms with Crippen molar-refractivity contribution in [3.63, 3.8) is 0 Å². The van der Waals surface area contributed by atoms with Crippen molar-refractivity contribution < 1.29 is 4.74 Å². The number of aryl methyl sites for hydroxylation is 2. The summed E-state index contributed by atoms with van der Waals surface area (Å²) >= 11 is 2.77. The highest BCUT2D eigenvalue weighted by Gasteiger charge is 2.20. The Labute approximate surface area is 181 Å². The number of rotatable bonds is 5. The summed E-state index contributed by atoms with van der Waals surface area (Å²) in [5.74, 6) is 0.643. The Morgan fingerprint density at radius 2 is 2.10 bits per heavy atom. The van der Waals surface area contributed by atoms with E-state index in [1.807, 2.05) is 31.2 Å². The van der Waals surface area contributed by atoms with Crippen LogP contribution in [0.1, 0.15) is 23.1 Å². The number of aromatic nitrogens is 4. The fourth-order valence-electron chi connectivity index (χ4n) is 3.12. The third kappa shape index (κ3) is 3.56. The van der Waals surface area contributed by atoms with E-state index < -0.39 is 0 Å². The molecule has 0 radical (unpaired) electrons. The predicted octanol–water partition coefficient (Wildman–Crippen LogP) is 4.14. The summed E-state index contributed by atoms with van der Waals surface area (Å²) in [6.07, 6.45) is 0.842. The molecule has 3 aromatic heterocycles. The number of nitriles is 1. The van der Waals surface area contributed by atoms with E-state index in [4.69, 9.17) is 15.0 Å². The first-order chi connectivity index (χ1) is 14.5. The van der Waals surface area contributed by atoms with Crippen LogP contribution in [0.25, 0.3) is 15.9 Å². The zero-order valence-corrected chi connectivity index (χ0v) is 18.2. The lowest BCUT2D eigenvalue weighted by Crippen LogP contribution is -2.21. The summed E-state index contributed by atoms with van der Waals surface area (Å²) in [4.78, 5) is 20.2. The van der Waals surface area contributed by atoms with Gasteiger partial charge in [0, 0.05) is 10.9 Å². The van der Waals surface area contributed by atoms with Crippen molar-refractivity contribution in [3.05, 3.63) is 62.9 Å². The second kappa shape index (κ2) is 8.26. The molecule has 0 spiro atoms. The molecule has 4 rings (SSSR count). The molecule has 0 amide bonds. The summed E-state index contributed by atoms with van der Waals surface area (Å²) < 4.78 is 6.92. The molecule has 0 aliphatic rings. The van der Waals surface area contributed by atoms with Gasteiger partial charge in [0.15, 0.2) is 10.9 Å². The van der Waals surface area contributed by atoms with Gasteiger partial charge in [-0.1, -0.05) is 13.0 Å². The van der Waals surface area contributed by atoms with Gasteiger partial charge in [-0.05, 0) is 54.9 Å². The van der Waals surface area contributed by atoms with Gasteiger partial charge in [-0.2, -0.15) is 5.26 Å². The number of hydrogen-bond acceptors (Lipinski definition) is 8. The molecule has 0 bridgehead atoms. The van der Waals surface area contributed by atoms with Gasteiger partial charge in [0.2, 0.25) is 0 Å². The fraction of sp³-hybridized carbons (Fsp3) is 0.190. The summed E-state index contributed by atoms with van der Waals surface area (Å²) in [6.45, 7) is 4.04. The molecule has 3 heterocycles. The Morgan fingerprint density at radius 1 is 1.27 bits per heavy atom. The molecule has 150 valence electrons. The molecule has 0 aliphatic heterocycles. The lowest BCUT2D eigenvalue weighted by molar-refractivity contribution is 0.414. The SMILES string of the molecule is CCc1sc2nc(Sc3ccc(C#N)nn3)n(-c3cccc(OC)c3)c(=O)c2c1C. The number of methoxy groups -OCH3 is 1. The second-order valence-electron chi connectivity index (χ2n) is 6.39. The van der Waals surface area contributed by atoms with Gasteiger partial charge < -0.3 is 4.74 Å². The van der Waals surface area contributed by atoms with Gasteiger partial charge in [-0.25, -0.2) is 4.98 Å². The van der Waals surface area contributed by atoms with Crippen molar-refractivity contribution in [3.8, 4) is 17.5 Å². The zero-order valence-electron chi connectivity index (χ0n) is 16.5. The lowest BCUT2D eigenvalue weighted by atomic mass is 10.2. The molecule has 9 heteroatoms. The molecule has 0 atom stereocenters. The van der Waals surface area contributed by atoms with Crippen molar-refractivity contribution in [2.45, 2.75) is 30.5 Å². The quantitative estimate of drug-likeness (QED) is 0.435. The van der Waals surface area contributed by atoms with Crippen molar-refractivity contribution in [1.29, 1.82) is 5.26 Å². The first kappa shape index (κ1) is 20.1. The molecule has 0 fully saturated rings. The number of ether oxygens (including phenoxy) is 1. The predicted molar refractivity (Wildman–Crippen MR) is 117 cm³/mol. The van der Waals surface area contributed by atoms with Crippen LogP contribution in [0.4, 0.5) is 0 Å². The zero-order chi connectivity index (χ0) is 21.3. The van der Waals surface area contributed by atoms with E-state index in [9.17, 15) is 4.79 Å². The van der Waals surface area contributed by atoms with Crippen LogP contribution in [-0.4, -0.2) is 26.9 Å². The number of fused-ring (bicyclic) bond motifs is 1. The van der Waals surface area contributed by atoms with Crippen molar-refractivity contribution in [2.75, 3.05) is 7.11 Å². The highest BCUT2D eigenvalue weighted by molar-refractivity contribution is 7.99. The average Bonchev–Trinajstić information content (AvgIpc) is 3.10. The molecule has 0 N–H and O–H groups in total. The largest absolute Gasteiger partial charge is 0.497 e. The molecule has 4 aromatic rings. The molecular weight excluding hydrogens is 418 g/mol. The Hall–Kier alpha value is -3.22. The first-order valence-electron chi connectivity index (χ1n) is 9.16. The van der Waals surface area contributed by atoms with Crippen LogP contribution >= 0.6 is 23.1 Å². The van der Waals surface area contributed by atoms with Crippen LogP contribution in [0, 0.1) is 18.3 Å². The molecule has 0 saturated heterocycles. The smallest absolute Gasteiger partial charge is 0.267 e. The van der Waals surface area contributed by atoms with E-state index in [2.05, 4.69) is 17.1 Å². The minimum atomic E-state index is -0.134. The van der Waals surface area contributed by atoms with Crippen molar-refractivity contribution in [1.82, 2.24) is 19.7 Å². The second-order valence-corrected chi connectivity index (χ2v) is 8.46. The van der Waals surface area contributed by atoms with Crippen LogP contribution in [0.2, 0.25) is 0 Å². The monoisotopic (exact) mass is 435 g/mol. The first-order valence-corrected chi connectivity index (χ1v) is 10.8. The number of nitrogens with zero attached hydrogens (tertiary/aromatic N) is 5. The van der Waals surface area contributed by atoms with E-state index in [-0.39, 0.29) is 11.3 Å². The molecule has 0 aliphatic carbocycles. The third-order valence-corrected chi connectivity index (χ3v) is 6.83. The summed E-state index contributed by atoms with van der Waals surface area (Å²) in [7, 11) is 1.59. The Kier molecular flexibility index (Phi) is 5.53. The van der Waals surface area contributed by atoms with Gasteiger partial charge in [-0.3, -0.25) is 9.36 Å².